The highest BCUT2D eigenvalue weighted by Gasteiger charge is 2.37. The molecule has 0 spiro atoms. The first kappa shape index (κ1) is 22.2. The Kier molecular flexibility index (Phi) is 7.18. The average Bonchev–Trinajstić information content (AvgIpc) is 3.15. The Morgan fingerprint density at radius 1 is 1.06 bits per heavy atom. The summed E-state index contributed by atoms with van der Waals surface area (Å²) in [7, 11) is 1.40. The number of nitrogens with one attached hydrogen (secondary N) is 2. The third-order valence-electron chi connectivity index (χ3n) is 6.44. The molecule has 0 saturated heterocycles. The van der Waals surface area contributed by atoms with Crippen molar-refractivity contribution in [3.63, 3.8) is 0 Å². The van der Waals surface area contributed by atoms with Crippen molar-refractivity contribution in [3.8, 4) is 0 Å². The van der Waals surface area contributed by atoms with Crippen LogP contribution in [-0.2, 0) is 33.7 Å². The first-order chi connectivity index (χ1) is 15.1. The van der Waals surface area contributed by atoms with Gasteiger partial charge in [0.2, 0.25) is 5.91 Å². The van der Waals surface area contributed by atoms with Gasteiger partial charge < -0.3 is 15.4 Å². The van der Waals surface area contributed by atoms with Crippen molar-refractivity contribution in [2.45, 2.75) is 57.9 Å². The van der Waals surface area contributed by atoms with Gasteiger partial charge in [-0.2, -0.15) is 0 Å². The van der Waals surface area contributed by atoms with Gasteiger partial charge in [0.15, 0.2) is 0 Å². The van der Waals surface area contributed by atoms with Gasteiger partial charge in [-0.15, -0.1) is 11.3 Å². The number of esters is 1. The number of hydrogen-bond donors (Lipinski definition) is 2. The first-order valence-corrected chi connectivity index (χ1v) is 12.3. The Hall–Kier alpha value is -2.05. The van der Waals surface area contributed by atoms with E-state index in [1.165, 1.54) is 36.0 Å². The number of carbonyl (C=O) groups excluding carboxylic acids is 2. The van der Waals surface area contributed by atoms with Gasteiger partial charge in [-0.05, 0) is 68.4 Å². The van der Waals surface area contributed by atoms with E-state index in [2.05, 4.69) is 10.6 Å². The molecule has 2 N–H and O–H groups in total. The van der Waals surface area contributed by atoms with Crippen molar-refractivity contribution >= 4 is 45.5 Å². The highest BCUT2D eigenvalue weighted by Crippen LogP contribution is 2.40. The molecular formula is C24H29ClN2O3S. The van der Waals surface area contributed by atoms with Crippen LogP contribution in [0.3, 0.4) is 0 Å². The Balaban J connectivity index is 1.54. The van der Waals surface area contributed by atoms with Crippen LogP contribution >= 0.6 is 22.9 Å². The minimum Gasteiger partial charge on any atom is -0.469 e. The lowest BCUT2D eigenvalue weighted by molar-refractivity contribution is -0.151. The maximum atomic E-state index is 13.2. The van der Waals surface area contributed by atoms with E-state index in [0.29, 0.717) is 11.6 Å². The smallest absolute Gasteiger partial charge is 0.309 e. The predicted molar refractivity (Wildman–Crippen MR) is 126 cm³/mol. The first-order valence-electron chi connectivity index (χ1n) is 11.1. The number of amides is 1. The van der Waals surface area contributed by atoms with E-state index in [1.807, 2.05) is 24.3 Å². The molecule has 5 nitrogen and oxygen atoms in total. The van der Waals surface area contributed by atoms with Gasteiger partial charge in [-0.25, -0.2) is 0 Å². The number of halogens is 1. The van der Waals surface area contributed by atoms with Crippen LogP contribution in [0.5, 0.6) is 0 Å². The highest BCUT2D eigenvalue weighted by atomic mass is 35.5. The third kappa shape index (κ3) is 5.07. The molecule has 0 radical (unpaired) electrons. The molecule has 1 aromatic heterocycles. The summed E-state index contributed by atoms with van der Waals surface area (Å²) >= 11 is 7.70. The van der Waals surface area contributed by atoms with Crippen molar-refractivity contribution < 1.29 is 14.3 Å². The molecule has 1 amide bonds. The second-order valence-electron chi connectivity index (χ2n) is 8.39. The predicted octanol–water partition coefficient (Wildman–Crippen LogP) is 5.81. The molecule has 2 unspecified atom stereocenters. The summed E-state index contributed by atoms with van der Waals surface area (Å²) in [4.78, 5) is 26.8. The number of fused-ring (bicyclic) bond motifs is 1. The van der Waals surface area contributed by atoms with Gasteiger partial charge in [0.25, 0.3) is 0 Å². The van der Waals surface area contributed by atoms with Crippen molar-refractivity contribution in [3.05, 3.63) is 45.3 Å². The molecule has 2 aliphatic carbocycles. The highest BCUT2D eigenvalue weighted by molar-refractivity contribution is 7.16. The molecule has 1 heterocycles. The monoisotopic (exact) mass is 460 g/mol. The zero-order chi connectivity index (χ0) is 21.8. The average molecular weight is 461 g/mol. The van der Waals surface area contributed by atoms with Crippen LogP contribution in [0.2, 0.25) is 5.02 Å². The number of ether oxygens (including phenoxy) is 1. The summed E-state index contributed by atoms with van der Waals surface area (Å²) in [5.74, 6) is -0.988. The Morgan fingerprint density at radius 3 is 2.52 bits per heavy atom. The van der Waals surface area contributed by atoms with Crippen LogP contribution < -0.4 is 10.6 Å². The zero-order valence-electron chi connectivity index (χ0n) is 17.8. The van der Waals surface area contributed by atoms with Crippen LogP contribution in [0, 0.1) is 11.8 Å². The number of hydrogen-bond acceptors (Lipinski definition) is 5. The fourth-order valence-electron chi connectivity index (χ4n) is 4.76. The summed E-state index contributed by atoms with van der Waals surface area (Å²) in [6.45, 7) is 0.647. The molecule has 166 valence electrons. The molecule has 2 atom stereocenters. The van der Waals surface area contributed by atoms with Crippen LogP contribution in [0.25, 0.3) is 0 Å². The van der Waals surface area contributed by atoms with E-state index in [4.69, 9.17) is 16.3 Å². The summed E-state index contributed by atoms with van der Waals surface area (Å²) in [5, 5.41) is 8.31. The summed E-state index contributed by atoms with van der Waals surface area (Å²) < 4.78 is 4.97. The third-order valence-corrected chi connectivity index (χ3v) is 7.94. The topological polar surface area (TPSA) is 67.4 Å². The van der Waals surface area contributed by atoms with Crippen molar-refractivity contribution in [2.24, 2.45) is 11.8 Å². The second kappa shape index (κ2) is 10.0. The molecule has 4 rings (SSSR count). The van der Waals surface area contributed by atoms with Crippen molar-refractivity contribution in [1.82, 2.24) is 0 Å². The Labute approximate surface area is 192 Å². The van der Waals surface area contributed by atoms with Gasteiger partial charge >= 0.3 is 5.97 Å². The van der Waals surface area contributed by atoms with Crippen molar-refractivity contribution in [1.29, 1.82) is 0 Å². The van der Waals surface area contributed by atoms with Gasteiger partial charge in [0, 0.05) is 27.7 Å². The molecule has 2 aromatic rings. The minimum atomic E-state index is -0.344. The summed E-state index contributed by atoms with van der Waals surface area (Å²) in [6, 6.07) is 7.65. The van der Waals surface area contributed by atoms with Gasteiger partial charge in [0.05, 0.1) is 18.9 Å². The van der Waals surface area contributed by atoms with E-state index in [0.717, 1.165) is 49.2 Å². The summed E-state index contributed by atoms with van der Waals surface area (Å²) in [6.07, 6.45) is 7.87. The molecule has 1 aromatic carbocycles. The quantitative estimate of drug-likeness (QED) is 0.534. The summed E-state index contributed by atoms with van der Waals surface area (Å²) in [5.41, 5.74) is 3.55. The van der Waals surface area contributed by atoms with Gasteiger partial charge in [0.1, 0.15) is 5.00 Å². The number of anilines is 2. The molecule has 2 aliphatic rings. The number of methoxy groups -OCH3 is 1. The fraction of sp³-hybridized carbons (Fsp3) is 0.500. The number of carbonyl (C=O) groups is 2. The molecule has 31 heavy (non-hydrogen) atoms. The minimum absolute atomic E-state index is 0.0542. The van der Waals surface area contributed by atoms with Gasteiger partial charge in [-0.1, -0.05) is 24.4 Å². The Bertz CT molecular complexity index is 941. The number of thiophene rings is 1. The van der Waals surface area contributed by atoms with Crippen LogP contribution in [0.15, 0.2) is 24.3 Å². The number of benzene rings is 1. The SMILES string of the molecule is COC(=O)C1CCCCC1C(=O)Nc1sc2c(c1CNc1ccc(Cl)cc1)CCCC2. The van der Waals surface area contributed by atoms with E-state index < -0.39 is 0 Å². The molecule has 1 fully saturated rings. The lowest BCUT2D eigenvalue weighted by atomic mass is 9.78. The van der Waals surface area contributed by atoms with E-state index in [-0.39, 0.29) is 23.7 Å². The number of aryl methyl sites for hydroxylation is 1. The van der Waals surface area contributed by atoms with Crippen LogP contribution in [0.1, 0.15) is 54.5 Å². The normalized spacial score (nSPS) is 20.6. The second-order valence-corrected chi connectivity index (χ2v) is 9.93. The number of rotatable bonds is 6. The maximum absolute atomic E-state index is 13.2. The molecule has 7 heteroatoms. The zero-order valence-corrected chi connectivity index (χ0v) is 19.4. The lowest BCUT2D eigenvalue weighted by Gasteiger charge is -2.28. The van der Waals surface area contributed by atoms with E-state index >= 15 is 0 Å². The fourth-order valence-corrected chi connectivity index (χ4v) is 6.20. The molecule has 1 saturated carbocycles. The van der Waals surface area contributed by atoms with Crippen LogP contribution in [-0.4, -0.2) is 19.0 Å². The molecule has 0 aliphatic heterocycles. The largest absolute Gasteiger partial charge is 0.469 e. The standard InChI is InChI=1S/C24H29ClN2O3S/c1-30-24(29)19-8-3-2-7-18(19)22(28)27-23-20(17-6-4-5-9-21(17)31-23)14-26-16-12-10-15(25)11-13-16/h10-13,18-19,26H,2-9,14H2,1H3,(H,27,28). The molecule has 0 bridgehead atoms. The lowest BCUT2D eigenvalue weighted by Crippen LogP contribution is -2.36. The maximum Gasteiger partial charge on any atom is 0.309 e. The van der Waals surface area contributed by atoms with Gasteiger partial charge in [-0.3, -0.25) is 9.59 Å². The van der Waals surface area contributed by atoms with E-state index in [9.17, 15) is 9.59 Å². The molecular weight excluding hydrogens is 432 g/mol. The Morgan fingerprint density at radius 2 is 1.77 bits per heavy atom. The van der Waals surface area contributed by atoms with Crippen LogP contribution in [0.4, 0.5) is 10.7 Å². The van der Waals surface area contributed by atoms with Crippen molar-refractivity contribution in [2.75, 3.05) is 17.7 Å². The van der Waals surface area contributed by atoms with E-state index in [1.54, 1.807) is 11.3 Å².